The molecular formula is C15H21N3O3. The highest BCUT2D eigenvalue weighted by molar-refractivity contribution is 5.95. The van der Waals surface area contributed by atoms with Crippen LogP contribution in [0.15, 0.2) is 30.3 Å². The number of carbonyl (C=O) groups excluding carboxylic acids is 2. The monoisotopic (exact) mass is 291 g/mol. The Labute approximate surface area is 124 Å². The van der Waals surface area contributed by atoms with Crippen LogP contribution in [0.4, 0.5) is 5.69 Å². The van der Waals surface area contributed by atoms with Crippen LogP contribution in [-0.4, -0.2) is 49.6 Å². The number of benzene rings is 1. The number of likely N-dealkylation sites (N-methyl/N-ethyl adjacent to an activating group) is 1. The smallest absolute Gasteiger partial charge is 0.243 e. The van der Waals surface area contributed by atoms with Gasteiger partial charge in [0.2, 0.25) is 11.8 Å². The lowest BCUT2D eigenvalue weighted by Gasteiger charge is -2.30. The van der Waals surface area contributed by atoms with Crippen LogP contribution in [0.3, 0.4) is 0 Å². The summed E-state index contributed by atoms with van der Waals surface area (Å²) < 4.78 is 5.27. The second-order valence-electron chi connectivity index (χ2n) is 5.61. The first-order chi connectivity index (χ1) is 9.93. The lowest BCUT2D eigenvalue weighted by molar-refractivity contribution is -0.142. The Morgan fingerprint density at radius 1 is 1.43 bits per heavy atom. The van der Waals surface area contributed by atoms with Gasteiger partial charge in [0.15, 0.2) is 0 Å². The second-order valence-corrected chi connectivity index (χ2v) is 5.61. The van der Waals surface area contributed by atoms with Gasteiger partial charge in [0.25, 0.3) is 0 Å². The number of para-hydroxylation sites is 1. The van der Waals surface area contributed by atoms with Gasteiger partial charge in [-0.1, -0.05) is 18.2 Å². The Morgan fingerprint density at radius 2 is 2.10 bits per heavy atom. The number of nitrogens with one attached hydrogen (secondary N) is 1. The molecule has 1 heterocycles. The molecule has 2 rings (SSSR count). The van der Waals surface area contributed by atoms with Crippen LogP contribution in [0.1, 0.15) is 6.92 Å². The standard InChI is InChI=1S/C15H21N3O3/c1-15(10-21-9-12(15)16)14(20)18(2)8-13(19)17-11-6-4-3-5-7-11/h3-7,12H,8-10,16H2,1-2H3,(H,17,19). The maximum atomic E-state index is 12.5. The highest BCUT2D eigenvalue weighted by Gasteiger charge is 2.45. The number of anilines is 1. The lowest BCUT2D eigenvalue weighted by Crippen LogP contribution is -2.51. The largest absolute Gasteiger partial charge is 0.379 e. The first-order valence-electron chi connectivity index (χ1n) is 6.87. The number of hydrogen-bond donors (Lipinski definition) is 2. The van der Waals surface area contributed by atoms with Crippen molar-refractivity contribution in [2.24, 2.45) is 11.1 Å². The molecular weight excluding hydrogens is 270 g/mol. The highest BCUT2D eigenvalue weighted by Crippen LogP contribution is 2.29. The van der Waals surface area contributed by atoms with Crippen molar-refractivity contribution in [2.45, 2.75) is 13.0 Å². The predicted octanol–water partition coefficient (Wildman–Crippen LogP) is 0.447. The number of rotatable bonds is 4. The molecule has 1 aliphatic heterocycles. The average Bonchev–Trinajstić information content (AvgIpc) is 2.80. The van der Waals surface area contributed by atoms with Crippen molar-refractivity contribution in [1.82, 2.24) is 4.90 Å². The van der Waals surface area contributed by atoms with Crippen molar-refractivity contribution >= 4 is 17.5 Å². The zero-order chi connectivity index (χ0) is 15.5. The second kappa shape index (κ2) is 6.24. The molecule has 1 aromatic rings. The van der Waals surface area contributed by atoms with Gasteiger partial charge in [0.05, 0.1) is 25.2 Å². The molecule has 1 aliphatic rings. The van der Waals surface area contributed by atoms with E-state index in [9.17, 15) is 9.59 Å². The summed E-state index contributed by atoms with van der Waals surface area (Å²) in [7, 11) is 1.60. The fraction of sp³-hybridized carbons (Fsp3) is 0.467. The summed E-state index contributed by atoms with van der Waals surface area (Å²) in [5.74, 6) is -0.413. The fourth-order valence-electron chi connectivity index (χ4n) is 2.35. The number of amides is 2. The summed E-state index contributed by atoms with van der Waals surface area (Å²) in [4.78, 5) is 25.8. The zero-order valence-corrected chi connectivity index (χ0v) is 12.3. The van der Waals surface area contributed by atoms with Crippen molar-refractivity contribution in [3.63, 3.8) is 0 Å². The molecule has 6 heteroatoms. The minimum atomic E-state index is -0.762. The van der Waals surface area contributed by atoms with E-state index >= 15 is 0 Å². The van der Waals surface area contributed by atoms with Crippen LogP contribution in [0.25, 0.3) is 0 Å². The third-order valence-corrected chi connectivity index (χ3v) is 3.79. The summed E-state index contributed by atoms with van der Waals surface area (Å²) >= 11 is 0. The van der Waals surface area contributed by atoms with Crippen molar-refractivity contribution in [2.75, 3.05) is 32.1 Å². The van der Waals surface area contributed by atoms with Crippen LogP contribution >= 0.6 is 0 Å². The lowest BCUT2D eigenvalue weighted by atomic mass is 9.84. The molecule has 2 atom stereocenters. The van der Waals surface area contributed by atoms with E-state index in [1.165, 1.54) is 4.90 Å². The van der Waals surface area contributed by atoms with Crippen molar-refractivity contribution in [3.8, 4) is 0 Å². The molecule has 0 bridgehead atoms. The third-order valence-electron chi connectivity index (χ3n) is 3.79. The molecule has 1 aromatic carbocycles. The van der Waals surface area contributed by atoms with Gasteiger partial charge < -0.3 is 20.7 Å². The first-order valence-corrected chi connectivity index (χ1v) is 6.87. The number of hydrogen-bond acceptors (Lipinski definition) is 4. The van der Waals surface area contributed by atoms with E-state index < -0.39 is 5.41 Å². The molecule has 0 saturated carbocycles. The highest BCUT2D eigenvalue weighted by atomic mass is 16.5. The van der Waals surface area contributed by atoms with Gasteiger partial charge in [-0.15, -0.1) is 0 Å². The van der Waals surface area contributed by atoms with E-state index in [1.54, 1.807) is 26.1 Å². The number of nitrogens with zero attached hydrogens (tertiary/aromatic N) is 1. The molecule has 0 aliphatic carbocycles. The van der Waals surface area contributed by atoms with Gasteiger partial charge in [-0.3, -0.25) is 9.59 Å². The minimum absolute atomic E-state index is 0.0178. The first kappa shape index (κ1) is 15.5. The Balaban J connectivity index is 1.93. The summed E-state index contributed by atoms with van der Waals surface area (Å²) in [5, 5.41) is 2.75. The number of ether oxygens (including phenoxy) is 1. The van der Waals surface area contributed by atoms with Gasteiger partial charge in [-0.05, 0) is 19.1 Å². The summed E-state index contributed by atoms with van der Waals surface area (Å²) in [6.07, 6.45) is 0. The Bertz CT molecular complexity index is 520. The van der Waals surface area contributed by atoms with Gasteiger partial charge in [-0.25, -0.2) is 0 Å². The quantitative estimate of drug-likeness (QED) is 0.843. The molecule has 3 N–H and O–H groups in total. The van der Waals surface area contributed by atoms with E-state index in [0.29, 0.717) is 12.3 Å². The zero-order valence-electron chi connectivity index (χ0n) is 12.3. The van der Waals surface area contributed by atoms with Crippen LogP contribution < -0.4 is 11.1 Å². The predicted molar refractivity (Wildman–Crippen MR) is 79.6 cm³/mol. The normalized spacial score (nSPS) is 24.6. The van der Waals surface area contributed by atoms with Crippen molar-refractivity contribution in [3.05, 3.63) is 30.3 Å². The third kappa shape index (κ3) is 3.40. The topological polar surface area (TPSA) is 84.7 Å². The van der Waals surface area contributed by atoms with Gasteiger partial charge in [0, 0.05) is 18.8 Å². The maximum absolute atomic E-state index is 12.5. The van der Waals surface area contributed by atoms with Crippen LogP contribution in [-0.2, 0) is 14.3 Å². The molecule has 2 amide bonds. The summed E-state index contributed by atoms with van der Waals surface area (Å²) in [6, 6.07) is 8.78. The Hall–Kier alpha value is -1.92. The van der Waals surface area contributed by atoms with E-state index in [0.717, 1.165) is 0 Å². The molecule has 0 aromatic heterocycles. The van der Waals surface area contributed by atoms with E-state index in [1.807, 2.05) is 18.2 Å². The molecule has 0 spiro atoms. The van der Waals surface area contributed by atoms with Crippen LogP contribution in [0.2, 0.25) is 0 Å². The van der Waals surface area contributed by atoms with Crippen LogP contribution in [0, 0.1) is 5.41 Å². The van der Waals surface area contributed by atoms with Gasteiger partial charge in [0.1, 0.15) is 0 Å². The Kier molecular flexibility index (Phi) is 4.59. The van der Waals surface area contributed by atoms with Crippen molar-refractivity contribution < 1.29 is 14.3 Å². The molecule has 2 unspecified atom stereocenters. The molecule has 1 fully saturated rings. The number of nitrogens with two attached hydrogens (primary N) is 1. The molecule has 1 saturated heterocycles. The Morgan fingerprint density at radius 3 is 2.67 bits per heavy atom. The maximum Gasteiger partial charge on any atom is 0.243 e. The van der Waals surface area contributed by atoms with Crippen LogP contribution in [0.5, 0.6) is 0 Å². The average molecular weight is 291 g/mol. The minimum Gasteiger partial charge on any atom is -0.379 e. The van der Waals surface area contributed by atoms with Gasteiger partial charge in [-0.2, -0.15) is 0 Å². The molecule has 0 radical (unpaired) electrons. The fourth-order valence-corrected chi connectivity index (χ4v) is 2.35. The number of carbonyl (C=O) groups is 2. The molecule has 114 valence electrons. The van der Waals surface area contributed by atoms with E-state index in [4.69, 9.17) is 10.5 Å². The summed E-state index contributed by atoms with van der Waals surface area (Å²) in [5.41, 5.74) is 5.88. The van der Waals surface area contributed by atoms with Crippen molar-refractivity contribution in [1.29, 1.82) is 0 Å². The molecule has 6 nitrogen and oxygen atoms in total. The van der Waals surface area contributed by atoms with Gasteiger partial charge >= 0.3 is 0 Å². The van der Waals surface area contributed by atoms with E-state index in [-0.39, 0.29) is 31.0 Å². The SMILES string of the molecule is CN(CC(=O)Nc1ccccc1)C(=O)C1(C)COCC1N. The molecule has 21 heavy (non-hydrogen) atoms. The van der Waals surface area contributed by atoms with E-state index in [2.05, 4.69) is 5.32 Å². The summed E-state index contributed by atoms with van der Waals surface area (Å²) in [6.45, 7) is 2.42.